The Kier molecular flexibility index (Phi) is 6.10. The molecule has 0 aromatic carbocycles. The summed E-state index contributed by atoms with van der Waals surface area (Å²) in [6.07, 6.45) is -10.7. The molecule has 4 atom stereocenters. The highest BCUT2D eigenvalue weighted by atomic mass is 17.0. The average Bonchev–Trinajstić information content (AvgIpc) is 2.49. The van der Waals surface area contributed by atoms with Crippen LogP contribution in [0.4, 0.5) is 0 Å². The molecule has 2 amide bonds. The first-order chi connectivity index (χ1) is 12.1. The Labute approximate surface area is 138 Å². The van der Waals surface area contributed by atoms with Crippen LogP contribution in [0.2, 0.25) is 0 Å². The molecule has 20 heteroatoms. The molecule has 0 aliphatic carbocycles. The Hall–Kier alpha value is -4.26. The first-order valence-electron chi connectivity index (χ1n) is 5.82. The standard InChI is InChI=1S/C6H6N6O14/c13-1-7-3(23-9(15)16)5(25-11(19)20)8(2-14)6(26-12(21)22)4(7)24-10(17)18/h1-6H. The van der Waals surface area contributed by atoms with E-state index < -0.39 is 58.1 Å². The average molecular weight is 386 g/mol. The van der Waals surface area contributed by atoms with Gasteiger partial charge >= 0.3 is 0 Å². The van der Waals surface area contributed by atoms with Crippen LogP contribution < -0.4 is 0 Å². The minimum absolute atomic E-state index is 0.0894. The van der Waals surface area contributed by atoms with E-state index in [1.807, 2.05) is 0 Å². The molecule has 0 aromatic heterocycles. The Morgan fingerprint density at radius 3 is 0.885 bits per heavy atom. The monoisotopic (exact) mass is 386 g/mol. The molecule has 1 aliphatic rings. The van der Waals surface area contributed by atoms with Gasteiger partial charge in [-0.25, -0.2) is 0 Å². The molecular formula is C6H6N6O14. The van der Waals surface area contributed by atoms with Crippen molar-refractivity contribution in [1.82, 2.24) is 9.80 Å². The molecule has 1 aliphatic heterocycles. The highest BCUT2D eigenvalue weighted by molar-refractivity contribution is 5.52. The van der Waals surface area contributed by atoms with Crippen molar-refractivity contribution in [3.63, 3.8) is 0 Å². The maximum absolute atomic E-state index is 11.2. The SMILES string of the molecule is O=CN1C(O[N+](=O)[O-])C(O[N+](=O)[O-])N(C=O)C(O[N+](=O)[O-])C1O[N+](=O)[O-]. The Bertz CT molecular complexity index is 515. The van der Waals surface area contributed by atoms with E-state index in [9.17, 15) is 50.0 Å². The van der Waals surface area contributed by atoms with Crippen molar-refractivity contribution in [2.75, 3.05) is 0 Å². The van der Waals surface area contributed by atoms with Crippen LogP contribution in [0.3, 0.4) is 0 Å². The molecule has 20 nitrogen and oxygen atoms in total. The summed E-state index contributed by atoms with van der Waals surface area (Å²) in [7, 11) is 0. The summed E-state index contributed by atoms with van der Waals surface area (Å²) in [6, 6.07) is 0. The van der Waals surface area contributed by atoms with Crippen LogP contribution in [0.15, 0.2) is 0 Å². The number of carbonyl (C=O) groups is 2. The van der Waals surface area contributed by atoms with Gasteiger partial charge in [0, 0.05) is 0 Å². The molecule has 0 N–H and O–H groups in total. The summed E-state index contributed by atoms with van der Waals surface area (Å²) in [4.78, 5) is 80.2. The molecule has 1 fully saturated rings. The van der Waals surface area contributed by atoms with Crippen molar-refractivity contribution in [2.45, 2.75) is 24.9 Å². The zero-order valence-electron chi connectivity index (χ0n) is 11.9. The summed E-state index contributed by atoms with van der Waals surface area (Å²) >= 11 is 0. The maximum Gasteiger partial charge on any atom is 0.296 e. The number of piperazine rings is 1. The van der Waals surface area contributed by atoms with E-state index in [1.165, 1.54) is 0 Å². The largest absolute Gasteiger partial charge is 0.296 e. The van der Waals surface area contributed by atoms with Crippen LogP contribution in [-0.4, -0.2) is 67.9 Å². The van der Waals surface area contributed by atoms with E-state index in [1.54, 1.807) is 0 Å². The maximum atomic E-state index is 11.2. The fourth-order valence-electron chi connectivity index (χ4n) is 1.90. The second-order valence-corrected chi connectivity index (χ2v) is 3.98. The van der Waals surface area contributed by atoms with Crippen LogP contribution in [-0.2, 0) is 28.9 Å². The summed E-state index contributed by atoms with van der Waals surface area (Å²) in [5.74, 6) is 0. The number of nitrogens with zero attached hydrogens (tertiary/aromatic N) is 6. The third-order valence-corrected chi connectivity index (χ3v) is 2.68. The normalized spacial score (nSPS) is 24.8. The molecule has 0 spiro atoms. The van der Waals surface area contributed by atoms with Gasteiger partial charge in [0.25, 0.3) is 20.3 Å². The molecule has 0 saturated carbocycles. The van der Waals surface area contributed by atoms with Gasteiger partial charge in [-0.2, -0.15) is 0 Å². The quantitative estimate of drug-likeness (QED) is 0.207. The second kappa shape index (κ2) is 8.02. The topological polar surface area (TPSA) is 250 Å². The number of carbonyl (C=O) groups excluding carboxylic acids is 2. The third kappa shape index (κ3) is 4.39. The van der Waals surface area contributed by atoms with Crippen molar-refractivity contribution in [3.8, 4) is 0 Å². The highest BCUT2D eigenvalue weighted by Crippen LogP contribution is 2.28. The van der Waals surface area contributed by atoms with E-state index in [4.69, 9.17) is 0 Å². The highest BCUT2D eigenvalue weighted by Gasteiger charge is 2.54. The smallest absolute Gasteiger partial charge is 0.286 e. The van der Waals surface area contributed by atoms with Gasteiger partial charge in [-0.15, -0.1) is 40.5 Å². The zero-order chi connectivity index (χ0) is 20.0. The molecule has 1 saturated heterocycles. The van der Waals surface area contributed by atoms with Crippen LogP contribution in [0.5, 0.6) is 0 Å². The van der Waals surface area contributed by atoms with Crippen molar-refractivity contribution < 1.29 is 49.3 Å². The lowest BCUT2D eigenvalue weighted by Crippen LogP contribution is -2.71. The minimum Gasteiger partial charge on any atom is -0.286 e. The van der Waals surface area contributed by atoms with Crippen molar-refractivity contribution in [3.05, 3.63) is 40.5 Å². The van der Waals surface area contributed by atoms with Crippen molar-refractivity contribution in [2.24, 2.45) is 0 Å². The lowest BCUT2D eigenvalue weighted by atomic mass is 10.2. The van der Waals surface area contributed by atoms with Crippen LogP contribution in [0.25, 0.3) is 0 Å². The van der Waals surface area contributed by atoms with Crippen molar-refractivity contribution >= 4 is 12.8 Å². The third-order valence-electron chi connectivity index (χ3n) is 2.68. The lowest BCUT2D eigenvalue weighted by molar-refractivity contribution is -0.835. The van der Waals surface area contributed by atoms with Gasteiger partial charge in [0.1, 0.15) is 0 Å². The lowest BCUT2D eigenvalue weighted by Gasteiger charge is -2.47. The van der Waals surface area contributed by atoms with Gasteiger partial charge in [-0.3, -0.25) is 38.7 Å². The zero-order valence-corrected chi connectivity index (χ0v) is 11.9. The van der Waals surface area contributed by atoms with E-state index in [-0.39, 0.29) is 9.80 Å². The first-order valence-corrected chi connectivity index (χ1v) is 5.82. The van der Waals surface area contributed by atoms with E-state index in [2.05, 4.69) is 19.4 Å². The molecule has 0 bridgehead atoms. The number of hydrogen-bond acceptors (Lipinski definition) is 14. The number of rotatable bonds is 10. The fraction of sp³-hybridized carbons (Fsp3) is 0.667. The van der Waals surface area contributed by atoms with Crippen molar-refractivity contribution in [1.29, 1.82) is 0 Å². The Morgan fingerprint density at radius 2 is 0.769 bits per heavy atom. The Morgan fingerprint density at radius 1 is 0.577 bits per heavy atom. The van der Waals surface area contributed by atoms with Gasteiger partial charge in [-0.05, 0) is 0 Å². The van der Waals surface area contributed by atoms with Gasteiger partial charge < -0.3 is 0 Å². The van der Waals surface area contributed by atoms with E-state index >= 15 is 0 Å². The minimum atomic E-state index is -2.48. The van der Waals surface area contributed by atoms with Gasteiger partial charge in [0.2, 0.25) is 37.7 Å². The van der Waals surface area contributed by atoms with E-state index in [0.29, 0.717) is 0 Å². The summed E-state index contributed by atoms with van der Waals surface area (Å²) in [6.45, 7) is 0. The molecule has 1 rings (SSSR count). The molecule has 0 radical (unpaired) electrons. The molecule has 144 valence electrons. The summed E-state index contributed by atoms with van der Waals surface area (Å²) in [5, 5.41) is 35.9. The predicted molar refractivity (Wildman–Crippen MR) is 63.3 cm³/mol. The van der Waals surface area contributed by atoms with Crippen LogP contribution >= 0.6 is 0 Å². The molecule has 0 aromatic rings. The number of hydrogen-bond donors (Lipinski definition) is 0. The summed E-state index contributed by atoms with van der Waals surface area (Å²) in [5.41, 5.74) is 0. The van der Waals surface area contributed by atoms with Gasteiger partial charge in [0.05, 0.1) is 0 Å². The molecule has 4 unspecified atom stereocenters. The molecule has 1 heterocycles. The number of amides is 2. The summed E-state index contributed by atoms with van der Waals surface area (Å²) < 4.78 is 0. The van der Waals surface area contributed by atoms with Crippen LogP contribution in [0, 0.1) is 40.5 Å². The first kappa shape index (κ1) is 19.8. The molecule has 26 heavy (non-hydrogen) atoms. The van der Waals surface area contributed by atoms with E-state index in [0.717, 1.165) is 0 Å². The predicted octanol–water partition coefficient (Wildman–Crippen LogP) is -2.95. The van der Waals surface area contributed by atoms with Gasteiger partial charge in [-0.1, -0.05) is 0 Å². The molecular weight excluding hydrogens is 380 g/mol. The van der Waals surface area contributed by atoms with Crippen LogP contribution in [0.1, 0.15) is 0 Å². The second-order valence-electron chi connectivity index (χ2n) is 3.98. The Balaban J connectivity index is 3.47. The van der Waals surface area contributed by atoms with Gasteiger partial charge in [0.15, 0.2) is 0 Å². The fourth-order valence-corrected chi connectivity index (χ4v) is 1.90.